The first kappa shape index (κ1) is 10.5. The van der Waals surface area contributed by atoms with Gasteiger partial charge in [0.05, 0.1) is 11.6 Å². The molecular formula is C12H9F2NO2. The van der Waals surface area contributed by atoms with Crippen LogP contribution in [0.1, 0.15) is 17.2 Å². The summed E-state index contributed by atoms with van der Waals surface area (Å²) >= 11 is 0. The molecule has 2 unspecified atom stereocenters. The molecule has 0 spiro atoms. The maximum absolute atomic E-state index is 13.0. The quantitative estimate of drug-likeness (QED) is 0.739. The lowest BCUT2D eigenvalue weighted by atomic mass is 9.92. The second-order valence-corrected chi connectivity index (χ2v) is 4.28. The first-order valence-electron chi connectivity index (χ1n) is 5.24. The van der Waals surface area contributed by atoms with E-state index in [0.29, 0.717) is 16.9 Å². The van der Waals surface area contributed by atoms with Crippen molar-refractivity contribution in [1.82, 2.24) is 0 Å². The SMILES string of the molecule is N#Cc1ccc2c(c1)C1OC1C(CF)(CF)O2. The molecule has 1 saturated heterocycles. The molecule has 2 heterocycles. The molecule has 0 aromatic heterocycles. The third-order valence-electron chi connectivity index (χ3n) is 3.22. The monoisotopic (exact) mass is 237 g/mol. The van der Waals surface area contributed by atoms with Gasteiger partial charge in [-0.2, -0.15) is 5.26 Å². The number of nitriles is 1. The average Bonchev–Trinajstić information content (AvgIpc) is 3.18. The number of rotatable bonds is 2. The highest BCUT2D eigenvalue weighted by Gasteiger charge is 2.62. The number of halogens is 2. The molecule has 3 nitrogen and oxygen atoms in total. The number of ether oxygens (including phenoxy) is 2. The Kier molecular flexibility index (Phi) is 2.10. The normalized spacial score (nSPS) is 27.4. The standard InChI is InChI=1S/C12H9F2NO2/c13-5-12(6-14)11-10(16-11)8-3-7(4-15)1-2-9(8)17-12/h1-3,10-11H,5-6H2. The van der Waals surface area contributed by atoms with Crippen molar-refractivity contribution in [3.05, 3.63) is 29.3 Å². The summed E-state index contributed by atoms with van der Waals surface area (Å²) in [6.45, 7) is -1.85. The van der Waals surface area contributed by atoms with Gasteiger partial charge in [-0.15, -0.1) is 0 Å². The second-order valence-electron chi connectivity index (χ2n) is 4.28. The third-order valence-corrected chi connectivity index (χ3v) is 3.22. The minimum Gasteiger partial charge on any atom is -0.479 e. The highest BCUT2D eigenvalue weighted by atomic mass is 19.1. The summed E-state index contributed by atoms with van der Waals surface area (Å²) in [6.07, 6.45) is -0.933. The van der Waals surface area contributed by atoms with Crippen LogP contribution in [-0.4, -0.2) is 25.1 Å². The van der Waals surface area contributed by atoms with E-state index in [4.69, 9.17) is 14.7 Å². The Bertz CT molecular complexity index is 508. The molecule has 0 bridgehead atoms. The summed E-state index contributed by atoms with van der Waals surface area (Å²) in [5, 5.41) is 8.78. The number of hydrogen-bond acceptors (Lipinski definition) is 3. The minimum absolute atomic E-state index is 0.349. The fraction of sp³-hybridized carbons (Fsp3) is 0.417. The van der Waals surface area contributed by atoms with Crippen molar-refractivity contribution >= 4 is 0 Å². The number of alkyl halides is 2. The largest absolute Gasteiger partial charge is 0.479 e. The van der Waals surface area contributed by atoms with Gasteiger partial charge in [0.1, 0.15) is 31.3 Å². The molecule has 2 aliphatic heterocycles. The highest BCUT2D eigenvalue weighted by molar-refractivity contribution is 5.48. The molecule has 17 heavy (non-hydrogen) atoms. The molecule has 0 saturated carbocycles. The molecular weight excluding hydrogens is 228 g/mol. The van der Waals surface area contributed by atoms with Crippen molar-refractivity contribution in [1.29, 1.82) is 5.26 Å². The van der Waals surface area contributed by atoms with Gasteiger partial charge in [-0.1, -0.05) is 0 Å². The Morgan fingerprint density at radius 1 is 1.35 bits per heavy atom. The van der Waals surface area contributed by atoms with Crippen LogP contribution in [0.15, 0.2) is 18.2 Å². The summed E-state index contributed by atoms with van der Waals surface area (Å²) in [5.74, 6) is 0.401. The van der Waals surface area contributed by atoms with Crippen molar-refractivity contribution in [3.8, 4) is 11.8 Å². The Morgan fingerprint density at radius 2 is 2.12 bits per heavy atom. The summed E-state index contributed by atoms with van der Waals surface area (Å²) < 4.78 is 36.6. The van der Waals surface area contributed by atoms with Gasteiger partial charge in [0.2, 0.25) is 0 Å². The minimum atomic E-state index is -1.51. The van der Waals surface area contributed by atoms with E-state index in [0.717, 1.165) is 0 Å². The summed E-state index contributed by atoms with van der Waals surface area (Å²) in [5.41, 5.74) is -0.326. The zero-order valence-electron chi connectivity index (χ0n) is 8.82. The first-order valence-corrected chi connectivity index (χ1v) is 5.24. The Morgan fingerprint density at radius 3 is 2.76 bits per heavy atom. The highest BCUT2D eigenvalue weighted by Crippen LogP contribution is 2.54. The van der Waals surface area contributed by atoms with Gasteiger partial charge in [0.25, 0.3) is 0 Å². The number of hydrogen-bond donors (Lipinski definition) is 0. The first-order chi connectivity index (χ1) is 8.24. The van der Waals surface area contributed by atoms with Crippen LogP contribution in [0.2, 0.25) is 0 Å². The van der Waals surface area contributed by atoms with Crippen molar-refractivity contribution in [2.45, 2.75) is 17.8 Å². The van der Waals surface area contributed by atoms with E-state index in [1.54, 1.807) is 18.2 Å². The van der Waals surface area contributed by atoms with Gasteiger partial charge in [0, 0.05) is 5.56 Å². The molecule has 0 N–H and O–H groups in total. The van der Waals surface area contributed by atoms with Crippen LogP contribution in [0.4, 0.5) is 8.78 Å². The third kappa shape index (κ3) is 1.34. The lowest BCUT2D eigenvalue weighted by molar-refractivity contribution is -0.00825. The van der Waals surface area contributed by atoms with E-state index in [1.165, 1.54) is 0 Å². The van der Waals surface area contributed by atoms with E-state index >= 15 is 0 Å². The van der Waals surface area contributed by atoms with Crippen molar-refractivity contribution in [3.63, 3.8) is 0 Å². The maximum atomic E-state index is 13.0. The molecule has 5 heteroatoms. The Labute approximate surface area is 96.6 Å². The maximum Gasteiger partial charge on any atom is 0.194 e. The van der Waals surface area contributed by atoms with E-state index in [-0.39, 0.29) is 6.10 Å². The van der Waals surface area contributed by atoms with E-state index in [2.05, 4.69) is 0 Å². The van der Waals surface area contributed by atoms with Crippen LogP contribution in [0.3, 0.4) is 0 Å². The molecule has 0 amide bonds. The molecule has 1 aromatic carbocycles. The molecule has 0 radical (unpaired) electrons. The lowest BCUT2D eigenvalue weighted by Crippen LogP contribution is -2.48. The second kappa shape index (κ2) is 3.41. The van der Waals surface area contributed by atoms with Crippen molar-refractivity contribution < 1.29 is 18.3 Å². The van der Waals surface area contributed by atoms with E-state index in [1.807, 2.05) is 6.07 Å². The average molecular weight is 237 g/mol. The van der Waals surface area contributed by atoms with Gasteiger partial charge in [-0.3, -0.25) is 0 Å². The van der Waals surface area contributed by atoms with Crippen molar-refractivity contribution in [2.75, 3.05) is 13.3 Å². The summed E-state index contributed by atoms with van der Waals surface area (Å²) in [6, 6.07) is 6.76. The molecule has 88 valence electrons. The Hall–Kier alpha value is -1.67. The Balaban J connectivity index is 2.04. The fourth-order valence-corrected chi connectivity index (χ4v) is 2.20. The molecule has 2 aliphatic rings. The van der Waals surface area contributed by atoms with Gasteiger partial charge < -0.3 is 9.47 Å². The number of benzene rings is 1. The van der Waals surface area contributed by atoms with Gasteiger partial charge in [-0.05, 0) is 18.2 Å². The topological polar surface area (TPSA) is 45.5 Å². The lowest BCUT2D eigenvalue weighted by Gasteiger charge is -2.31. The zero-order chi connectivity index (χ0) is 12.0. The molecule has 1 fully saturated rings. The van der Waals surface area contributed by atoms with Gasteiger partial charge in [0.15, 0.2) is 5.60 Å². The predicted octanol–water partition coefficient (Wildman–Crippen LogP) is 2.07. The molecule has 1 aromatic rings. The van der Waals surface area contributed by atoms with Gasteiger partial charge >= 0.3 is 0 Å². The van der Waals surface area contributed by atoms with E-state index in [9.17, 15) is 8.78 Å². The smallest absolute Gasteiger partial charge is 0.194 e. The van der Waals surface area contributed by atoms with Crippen LogP contribution in [0, 0.1) is 11.3 Å². The van der Waals surface area contributed by atoms with Crippen LogP contribution in [0.25, 0.3) is 0 Å². The van der Waals surface area contributed by atoms with Crippen molar-refractivity contribution in [2.24, 2.45) is 0 Å². The number of nitrogens with zero attached hydrogens (tertiary/aromatic N) is 1. The number of fused-ring (bicyclic) bond motifs is 3. The predicted molar refractivity (Wildman–Crippen MR) is 54.1 cm³/mol. The molecule has 0 aliphatic carbocycles. The van der Waals surface area contributed by atoms with Gasteiger partial charge in [-0.25, -0.2) is 8.78 Å². The fourth-order valence-electron chi connectivity index (χ4n) is 2.20. The van der Waals surface area contributed by atoms with Crippen LogP contribution >= 0.6 is 0 Å². The van der Waals surface area contributed by atoms with Crippen LogP contribution in [0.5, 0.6) is 5.75 Å². The van der Waals surface area contributed by atoms with Crippen LogP contribution < -0.4 is 4.74 Å². The van der Waals surface area contributed by atoms with Crippen LogP contribution in [-0.2, 0) is 4.74 Å². The summed E-state index contributed by atoms with van der Waals surface area (Å²) in [4.78, 5) is 0. The molecule has 2 atom stereocenters. The zero-order valence-corrected chi connectivity index (χ0v) is 8.82. The van der Waals surface area contributed by atoms with E-state index < -0.39 is 25.1 Å². The summed E-state index contributed by atoms with van der Waals surface area (Å²) in [7, 11) is 0. The molecule has 3 rings (SSSR count). The number of epoxide rings is 1.